The number of likely N-dealkylation sites (N-methyl/N-ethyl adjacent to an activating group) is 1. The molecule has 7 heteroatoms. The van der Waals surface area contributed by atoms with Crippen LogP contribution in [0.15, 0.2) is 18.2 Å². The molecule has 2 atom stereocenters. The number of carbonyl (C=O) groups is 2. The lowest BCUT2D eigenvalue weighted by molar-refractivity contribution is -0.138. The summed E-state index contributed by atoms with van der Waals surface area (Å²) in [4.78, 5) is 27.1. The first-order chi connectivity index (χ1) is 12.9. The molecule has 0 spiro atoms. The number of benzene rings is 1. The van der Waals surface area contributed by atoms with Crippen LogP contribution >= 0.6 is 0 Å². The molecule has 2 amide bonds. The number of aryl methyl sites for hydroxylation is 2. The first kappa shape index (κ1) is 19.6. The quantitative estimate of drug-likeness (QED) is 0.820. The van der Waals surface area contributed by atoms with Crippen LogP contribution in [0.1, 0.15) is 35.6 Å². The first-order valence-electron chi connectivity index (χ1n) is 9.59. The first-order valence-corrected chi connectivity index (χ1v) is 9.59. The summed E-state index contributed by atoms with van der Waals surface area (Å²) in [6.45, 7) is 4.03. The van der Waals surface area contributed by atoms with Gasteiger partial charge in [-0.15, -0.1) is 0 Å². The van der Waals surface area contributed by atoms with E-state index in [1.807, 2.05) is 0 Å². The van der Waals surface area contributed by atoms with Crippen LogP contribution in [-0.4, -0.2) is 72.8 Å². The van der Waals surface area contributed by atoms with Crippen molar-refractivity contribution < 1.29 is 19.4 Å². The van der Waals surface area contributed by atoms with Gasteiger partial charge in [-0.05, 0) is 44.4 Å². The van der Waals surface area contributed by atoms with Gasteiger partial charge in [-0.1, -0.05) is 23.8 Å². The van der Waals surface area contributed by atoms with E-state index in [0.717, 1.165) is 19.3 Å². The third-order valence-electron chi connectivity index (χ3n) is 5.26. The average Bonchev–Trinajstić information content (AvgIpc) is 2.61. The second kappa shape index (κ2) is 8.71. The van der Waals surface area contributed by atoms with Crippen molar-refractivity contribution in [2.24, 2.45) is 0 Å². The van der Waals surface area contributed by atoms with E-state index in [-0.39, 0.29) is 24.7 Å². The summed E-state index contributed by atoms with van der Waals surface area (Å²) in [6.07, 6.45) is 2.93. The van der Waals surface area contributed by atoms with Gasteiger partial charge in [0.15, 0.2) is 0 Å². The Bertz CT molecular complexity index is 694. The lowest BCUT2D eigenvalue weighted by Gasteiger charge is -2.36. The molecule has 1 fully saturated rings. The van der Waals surface area contributed by atoms with Crippen LogP contribution in [0.4, 0.5) is 4.79 Å². The number of amides is 2. The molecule has 1 saturated heterocycles. The third kappa shape index (κ3) is 5.20. The van der Waals surface area contributed by atoms with Gasteiger partial charge < -0.3 is 20.1 Å². The number of urea groups is 1. The number of hydrogen-bond acceptors (Lipinski definition) is 4. The molecule has 1 aromatic carbocycles. The van der Waals surface area contributed by atoms with Crippen molar-refractivity contribution in [2.75, 3.05) is 39.8 Å². The predicted molar refractivity (Wildman–Crippen MR) is 102 cm³/mol. The van der Waals surface area contributed by atoms with E-state index in [1.54, 1.807) is 16.8 Å². The Morgan fingerprint density at radius 2 is 2.22 bits per heavy atom. The van der Waals surface area contributed by atoms with Crippen LogP contribution in [0.2, 0.25) is 0 Å². The topological polar surface area (TPSA) is 82.1 Å². The van der Waals surface area contributed by atoms with E-state index >= 15 is 0 Å². The van der Waals surface area contributed by atoms with Gasteiger partial charge in [0.05, 0.1) is 25.3 Å². The van der Waals surface area contributed by atoms with Crippen LogP contribution in [-0.2, 0) is 16.0 Å². The molecule has 1 aliphatic carbocycles. The molecule has 2 N–H and O–H groups in total. The summed E-state index contributed by atoms with van der Waals surface area (Å²) in [5.41, 5.74) is 3.77. The van der Waals surface area contributed by atoms with Crippen molar-refractivity contribution in [3.63, 3.8) is 0 Å². The zero-order valence-corrected chi connectivity index (χ0v) is 16.1. The van der Waals surface area contributed by atoms with E-state index in [4.69, 9.17) is 9.84 Å². The molecular weight excluding hydrogens is 346 g/mol. The van der Waals surface area contributed by atoms with E-state index in [0.29, 0.717) is 26.2 Å². The lowest BCUT2D eigenvalue weighted by Crippen LogP contribution is -2.53. The molecule has 7 nitrogen and oxygen atoms in total. The van der Waals surface area contributed by atoms with Gasteiger partial charge in [0, 0.05) is 19.6 Å². The number of hydrogen-bond donors (Lipinski definition) is 2. The van der Waals surface area contributed by atoms with Gasteiger partial charge in [0.25, 0.3) is 0 Å². The fourth-order valence-corrected chi connectivity index (χ4v) is 3.97. The summed E-state index contributed by atoms with van der Waals surface area (Å²) in [7, 11) is 1.75. The van der Waals surface area contributed by atoms with Crippen LogP contribution in [0.5, 0.6) is 0 Å². The van der Waals surface area contributed by atoms with E-state index < -0.39 is 5.97 Å². The fourth-order valence-electron chi connectivity index (χ4n) is 3.97. The SMILES string of the molecule is Cc1ccc2c(c1)[C@H](NC(=O)N1CCOC(CN(C)CC(=O)O)C1)CCC2. The molecule has 0 bridgehead atoms. The maximum atomic E-state index is 12.8. The molecule has 1 aromatic rings. The molecule has 2 aliphatic rings. The van der Waals surface area contributed by atoms with Crippen LogP contribution in [0.3, 0.4) is 0 Å². The van der Waals surface area contributed by atoms with Gasteiger partial charge in [0.2, 0.25) is 0 Å². The Hall–Kier alpha value is -2.12. The summed E-state index contributed by atoms with van der Waals surface area (Å²) < 4.78 is 5.72. The highest BCUT2D eigenvalue weighted by molar-refractivity contribution is 5.75. The second-order valence-electron chi connectivity index (χ2n) is 7.63. The second-order valence-corrected chi connectivity index (χ2v) is 7.63. The number of rotatable bonds is 5. The Kier molecular flexibility index (Phi) is 6.34. The average molecular weight is 375 g/mol. The summed E-state index contributed by atoms with van der Waals surface area (Å²) in [6, 6.07) is 6.47. The number of aliphatic carboxylic acids is 1. The Morgan fingerprint density at radius 1 is 1.41 bits per heavy atom. The number of ether oxygens (including phenoxy) is 1. The zero-order chi connectivity index (χ0) is 19.4. The van der Waals surface area contributed by atoms with Gasteiger partial charge in [-0.3, -0.25) is 9.69 Å². The molecule has 27 heavy (non-hydrogen) atoms. The molecule has 148 valence electrons. The van der Waals surface area contributed by atoms with Crippen molar-refractivity contribution in [1.29, 1.82) is 0 Å². The van der Waals surface area contributed by atoms with Crippen molar-refractivity contribution in [3.05, 3.63) is 34.9 Å². The van der Waals surface area contributed by atoms with Gasteiger partial charge in [0.1, 0.15) is 0 Å². The normalized spacial score (nSPS) is 22.4. The van der Waals surface area contributed by atoms with E-state index in [2.05, 4.69) is 30.4 Å². The summed E-state index contributed by atoms with van der Waals surface area (Å²) >= 11 is 0. The molecule has 1 aliphatic heterocycles. The number of fused-ring (bicyclic) bond motifs is 1. The fraction of sp³-hybridized carbons (Fsp3) is 0.600. The Balaban J connectivity index is 1.58. The Labute approximate surface area is 160 Å². The summed E-state index contributed by atoms with van der Waals surface area (Å²) in [5, 5.41) is 12.1. The van der Waals surface area contributed by atoms with Crippen molar-refractivity contribution in [2.45, 2.75) is 38.3 Å². The van der Waals surface area contributed by atoms with Crippen molar-refractivity contribution >= 4 is 12.0 Å². The minimum atomic E-state index is -0.867. The van der Waals surface area contributed by atoms with Crippen LogP contribution in [0.25, 0.3) is 0 Å². The van der Waals surface area contributed by atoms with E-state index in [1.165, 1.54) is 16.7 Å². The molecule has 0 radical (unpaired) electrons. The largest absolute Gasteiger partial charge is 0.480 e. The van der Waals surface area contributed by atoms with Crippen molar-refractivity contribution in [1.82, 2.24) is 15.1 Å². The van der Waals surface area contributed by atoms with Crippen LogP contribution in [0, 0.1) is 6.92 Å². The predicted octanol–water partition coefficient (Wildman–Crippen LogP) is 1.80. The Morgan fingerprint density at radius 3 is 3.00 bits per heavy atom. The van der Waals surface area contributed by atoms with Crippen molar-refractivity contribution in [3.8, 4) is 0 Å². The van der Waals surface area contributed by atoms with E-state index in [9.17, 15) is 9.59 Å². The number of nitrogens with zero attached hydrogens (tertiary/aromatic N) is 2. The monoisotopic (exact) mass is 375 g/mol. The maximum Gasteiger partial charge on any atom is 0.318 e. The highest BCUT2D eigenvalue weighted by atomic mass is 16.5. The van der Waals surface area contributed by atoms with Gasteiger partial charge >= 0.3 is 12.0 Å². The standard InChI is InChI=1S/C20H29N3O4/c1-14-6-7-15-4-3-5-18(17(15)10-14)21-20(26)23-8-9-27-16(12-23)11-22(2)13-19(24)25/h6-7,10,16,18H,3-5,8-9,11-13H2,1-2H3,(H,21,26)(H,24,25)/t16?,18-/m1/s1. The smallest absolute Gasteiger partial charge is 0.318 e. The molecule has 1 unspecified atom stereocenters. The van der Waals surface area contributed by atoms with Gasteiger partial charge in [-0.2, -0.15) is 0 Å². The number of nitrogens with one attached hydrogen (secondary N) is 1. The van der Waals surface area contributed by atoms with Crippen LogP contribution < -0.4 is 5.32 Å². The highest BCUT2D eigenvalue weighted by Crippen LogP contribution is 2.30. The number of carbonyl (C=O) groups excluding carboxylic acids is 1. The number of carboxylic acids is 1. The minimum Gasteiger partial charge on any atom is -0.480 e. The molecule has 1 heterocycles. The molecule has 0 saturated carbocycles. The molecule has 0 aromatic heterocycles. The number of morpholine rings is 1. The zero-order valence-electron chi connectivity index (χ0n) is 16.1. The summed E-state index contributed by atoms with van der Waals surface area (Å²) in [5.74, 6) is -0.867. The minimum absolute atomic E-state index is 0.0374. The molecule has 3 rings (SSSR count). The van der Waals surface area contributed by atoms with Gasteiger partial charge in [-0.25, -0.2) is 4.79 Å². The highest BCUT2D eigenvalue weighted by Gasteiger charge is 2.28. The maximum absolute atomic E-state index is 12.8. The third-order valence-corrected chi connectivity index (χ3v) is 5.26. The lowest BCUT2D eigenvalue weighted by atomic mass is 9.87. The molecular formula is C20H29N3O4. The number of carboxylic acid groups (broad SMARTS) is 1.